The Kier molecular flexibility index (Phi) is 6.64. The largest absolute Gasteiger partial charge is 0.457 e. The van der Waals surface area contributed by atoms with Gasteiger partial charge in [0.15, 0.2) is 0 Å². The van der Waals surface area contributed by atoms with Crippen molar-refractivity contribution in [1.82, 2.24) is 5.32 Å². The number of hydrogen-bond acceptors (Lipinski definition) is 4. The van der Waals surface area contributed by atoms with E-state index in [1.165, 1.54) is 6.20 Å². The van der Waals surface area contributed by atoms with Crippen molar-refractivity contribution in [2.75, 3.05) is 5.32 Å². The zero-order valence-corrected chi connectivity index (χ0v) is 16.0. The lowest BCUT2D eigenvalue weighted by molar-refractivity contribution is -0.117. The van der Waals surface area contributed by atoms with Crippen molar-refractivity contribution < 1.29 is 9.53 Å². The molecule has 3 rings (SSSR count). The van der Waals surface area contributed by atoms with Gasteiger partial charge in [-0.05, 0) is 48.9 Å². The van der Waals surface area contributed by atoms with E-state index in [2.05, 4.69) is 10.6 Å². The van der Waals surface area contributed by atoms with Crippen LogP contribution in [0.4, 0.5) is 5.69 Å². The summed E-state index contributed by atoms with van der Waals surface area (Å²) in [6.45, 7) is 1.88. The van der Waals surface area contributed by atoms with E-state index in [-0.39, 0.29) is 11.6 Å². The van der Waals surface area contributed by atoms with Crippen LogP contribution in [0.5, 0.6) is 11.5 Å². The summed E-state index contributed by atoms with van der Waals surface area (Å²) in [5.74, 6) is 1.02. The van der Waals surface area contributed by atoms with Crippen LogP contribution < -0.4 is 15.4 Å². The number of amides is 1. The molecular formula is C24H21N3O2. The molecule has 29 heavy (non-hydrogen) atoms. The molecular weight excluding hydrogens is 362 g/mol. The Balaban J connectivity index is 1.59. The van der Waals surface area contributed by atoms with Crippen molar-refractivity contribution in [2.45, 2.75) is 13.0 Å². The molecule has 2 N–H and O–H groups in total. The van der Waals surface area contributed by atoms with Crippen LogP contribution in [-0.4, -0.2) is 5.91 Å². The van der Waals surface area contributed by atoms with Gasteiger partial charge in [0, 0.05) is 11.9 Å². The molecule has 144 valence electrons. The second-order valence-electron chi connectivity index (χ2n) is 6.36. The van der Waals surface area contributed by atoms with Gasteiger partial charge in [0.05, 0.1) is 6.04 Å². The van der Waals surface area contributed by atoms with E-state index in [0.29, 0.717) is 5.75 Å². The smallest absolute Gasteiger partial charge is 0.263 e. The number of nitrogens with zero attached hydrogens (tertiary/aromatic N) is 1. The topological polar surface area (TPSA) is 74.2 Å². The quantitative estimate of drug-likeness (QED) is 0.436. The minimum Gasteiger partial charge on any atom is -0.457 e. The fourth-order valence-electron chi connectivity index (χ4n) is 2.65. The normalized spacial score (nSPS) is 11.8. The zero-order chi connectivity index (χ0) is 20.5. The fraction of sp³-hybridized carbons (Fsp3) is 0.0833. The van der Waals surface area contributed by atoms with Gasteiger partial charge in [0.2, 0.25) is 0 Å². The molecule has 5 heteroatoms. The van der Waals surface area contributed by atoms with Crippen molar-refractivity contribution >= 4 is 11.6 Å². The van der Waals surface area contributed by atoms with Gasteiger partial charge in [-0.15, -0.1) is 0 Å². The van der Waals surface area contributed by atoms with E-state index in [4.69, 9.17) is 4.74 Å². The first-order valence-electron chi connectivity index (χ1n) is 9.21. The van der Waals surface area contributed by atoms with Crippen LogP contribution in [-0.2, 0) is 4.79 Å². The van der Waals surface area contributed by atoms with Crippen molar-refractivity contribution in [3.8, 4) is 17.6 Å². The Morgan fingerprint density at radius 1 is 0.931 bits per heavy atom. The molecule has 0 fully saturated rings. The number of nitriles is 1. The average molecular weight is 383 g/mol. The first-order valence-corrected chi connectivity index (χ1v) is 9.21. The molecule has 0 aliphatic carbocycles. The van der Waals surface area contributed by atoms with Gasteiger partial charge in [-0.1, -0.05) is 48.5 Å². The van der Waals surface area contributed by atoms with Gasteiger partial charge < -0.3 is 15.4 Å². The molecule has 0 spiro atoms. The predicted molar refractivity (Wildman–Crippen MR) is 113 cm³/mol. The van der Waals surface area contributed by atoms with E-state index in [0.717, 1.165) is 17.0 Å². The van der Waals surface area contributed by atoms with Gasteiger partial charge in [-0.3, -0.25) is 4.79 Å². The van der Waals surface area contributed by atoms with Gasteiger partial charge >= 0.3 is 0 Å². The lowest BCUT2D eigenvalue weighted by atomic mass is 10.1. The summed E-state index contributed by atoms with van der Waals surface area (Å²) in [4.78, 5) is 12.4. The first-order chi connectivity index (χ1) is 14.2. The highest BCUT2D eigenvalue weighted by atomic mass is 16.5. The fourth-order valence-corrected chi connectivity index (χ4v) is 2.65. The maximum absolute atomic E-state index is 12.4. The predicted octanol–water partition coefficient (Wildman–Crippen LogP) is 5.18. The van der Waals surface area contributed by atoms with E-state index in [1.54, 1.807) is 0 Å². The third kappa shape index (κ3) is 5.72. The summed E-state index contributed by atoms with van der Waals surface area (Å²) in [5, 5.41) is 15.1. The Morgan fingerprint density at radius 3 is 2.14 bits per heavy atom. The summed E-state index contributed by atoms with van der Waals surface area (Å²) in [6.07, 6.45) is 1.40. The molecule has 0 radical (unpaired) electrons. The number of carbonyl (C=O) groups excluding carboxylic acids is 1. The number of nitrogens with one attached hydrogen (secondary N) is 2. The van der Waals surface area contributed by atoms with Crippen LogP contribution in [0.1, 0.15) is 18.5 Å². The molecule has 5 nitrogen and oxygen atoms in total. The van der Waals surface area contributed by atoms with Crippen LogP contribution in [0.3, 0.4) is 0 Å². The average Bonchev–Trinajstić information content (AvgIpc) is 2.76. The molecule has 0 aliphatic heterocycles. The Labute approximate surface area is 170 Å². The van der Waals surface area contributed by atoms with Crippen molar-refractivity contribution in [1.29, 1.82) is 5.26 Å². The van der Waals surface area contributed by atoms with Crippen LogP contribution in [0.25, 0.3) is 0 Å². The molecule has 0 aromatic heterocycles. The first kappa shape index (κ1) is 19.7. The highest BCUT2D eigenvalue weighted by Gasteiger charge is 2.13. The molecule has 1 atom stereocenters. The number of carbonyl (C=O) groups is 1. The highest BCUT2D eigenvalue weighted by molar-refractivity contribution is 5.97. The second kappa shape index (κ2) is 9.77. The van der Waals surface area contributed by atoms with E-state index < -0.39 is 5.91 Å². The van der Waals surface area contributed by atoms with Crippen molar-refractivity contribution in [2.24, 2.45) is 0 Å². The highest BCUT2D eigenvalue weighted by Crippen LogP contribution is 2.22. The third-order valence-corrected chi connectivity index (χ3v) is 4.23. The lowest BCUT2D eigenvalue weighted by Gasteiger charge is -2.14. The summed E-state index contributed by atoms with van der Waals surface area (Å²) in [6, 6.07) is 28.1. The third-order valence-electron chi connectivity index (χ3n) is 4.23. The van der Waals surface area contributed by atoms with Crippen molar-refractivity contribution in [3.05, 3.63) is 102 Å². The SMILES string of the molecule is CC(NC(=O)/C(C#N)=C\Nc1ccc(Oc2ccccc2)cc1)c1ccccc1. The van der Waals surface area contributed by atoms with Crippen LogP contribution in [0, 0.1) is 11.3 Å². The maximum atomic E-state index is 12.4. The van der Waals surface area contributed by atoms with E-state index in [9.17, 15) is 10.1 Å². The molecule has 3 aromatic rings. The van der Waals surface area contributed by atoms with E-state index in [1.807, 2.05) is 97.9 Å². The Bertz CT molecular complexity index is 1010. The summed E-state index contributed by atoms with van der Waals surface area (Å²) in [7, 11) is 0. The second-order valence-corrected chi connectivity index (χ2v) is 6.36. The van der Waals surface area contributed by atoms with Crippen LogP contribution >= 0.6 is 0 Å². The number of anilines is 1. The summed E-state index contributed by atoms with van der Waals surface area (Å²) < 4.78 is 5.74. The molecule has 3 aromatic carbocycles. The maximum Gasteiger partial charge on any atom is 0.263 e. The number of benzene rings is 3. The standard InChI is InChI=1S/C24H21N3O2/c1-18(19-8-4-2-5-9-19)27-24(28)20(16-25)17-26-21-12-14-23(15-13-21)29-22-10-6-3-7-11-22/h2-15,17-18,26H,1H3,(H,27,28)/b20-17-. The molecule has 0 saturated carbocycles. The molecule has 0 heterocycles. The number of para-hydroxylation sites is 1. The van der Waals surface area contributed by atoms with Gasteiger partial charge in [-0.25, -0.2) is 0 Å². The number of rotatable bonds is 7. The van der Waals surface area contributed by atoms with Gasteiger partial charge in [-0.2, -0.15) is 5.26 Å². The molecule has 1 amide bonds. The number of ether oxygens (including phenoxy) is 1. The lowest BCUT2D eigenvalue weighted by Crippen LogP contribution is -2.28. The van der Waals surface area contributed by atoms with Crippen LogP contribution in [0.2, 0.25) is 0 Å². The summed E-state index contributed by atoms with van der Waals surface area (Å²) >= 11 is 0. The Morgan fingerprint density at radius 2 is 1.52 bits per heavy atom. The monoisotopic (exact) mass is 383 g/mol. The molecule has 0 aliphatic rings. The van der Waals surface area contributed by atoms with Crippen molar-refractivity contribution in [3.63, 3.8) is 0 Å². The number of hydrogen-bond donors (Lipinski definition) is 2. The molecule has 0 bridgehead atoms. The van der Waals surface area contributed by atoms with Crippen LogP contribution in [0.15, 0.2) is 96.7 Å². The minimum absolute atomic E-state index is 0.00241. The zero-order valence-electron chi connectivity index (χ0n) is 16.0. The Hall–Kier alpha value is -4.04. The molecule has 1 unspecified atom stereocenters. The van der Waals surface area contributed by atoms with Gasteiger partial charge in [0.1, 0.15) is 23.1 Å². The summed E-state index contributed by atoms with van der Waals surface area (Å²) in [5.41, 5.74) is 1.71. The molecule has 0 saturated heterocycles. The van der Waals surface area contributed by atoms with E-state index >= 15 is 0 Å². The minimum atomic E-state index is -0.430. The van der Waals surface area contributed by atoms with Gasteiger partial charge in [0.25, 0.3) is 5.91 Å².